The zero-order valence-electron chi connectivity index (χ0n) is 10.5. The summed E-state index contributed by atoms with van der Waals surface area (Å²) in [6.45, 7) is 1.86. The van der Waals surface area contributed by atoms with Crippen LogP contribution in [0.4, 0.5) is 17.3 Å². The van der Waals surface area contributed by atoms with E-state index in [1.54, 1.807) is 22.8 Å². The molecule has 3 aromatic rings. The molecule has 0 aliphatic carbocycles. The molecule has 3 rings (SSSR count). The molecule has 0 aliphatic heterocycles. The van der Waals surface area contributed by atoms with E-state index in [2.05, 4.69) is 20.4 Å². The number of nitrogens with one attached hydrogen (secondary N) is 1. The van der Waals surface area contributed by atoms with Crippen molar-refractivity contribution < 1.29 is 4.92 Å². The molecule has 0 bridgehead atoms. The Hall–Kier alpha value is -3.03. The summed E-state index contributed by atoms with van der Waals surface area (Å²) >= 11 is 0. The molecule has 0 fully saturated rings. The highest BCUT2D eigenvalue weighted by Crippen LogP contribution is 2.19. The molecule has 3 heterocycles. The second-order valence-electron chi connectivity index (χ2n) is 4.17. The number of hydrogen-bond donors (Lipinski definition) is 1. The van der Waals surface area contributed by atoms with Gasteiger partial charge in [0.15, 0.2) is 5.65 Å². The highest BCUT2D eigenvalue weighted by molar-refractivity contribution is 5.58. The number of aromatic nitrogens is 4. The largest absolute Gasteiger partial charge is 0.325 e. The van der Waals surface area contributed by atoms with Crippen molar-refractivity contribution in [2.24, 2.45) is 0 Å². The summed E-state index contributed by atoms with van der Waals surface area (Å²) in [6.07, 6.45) is 3.02. The number of aryl methyl sites for hydroxylation is 1. The molecule has 0 aromatic carbocycles. The fourth-order valence-corrected chi connectivity index (χ4v) is 1.86. The molecule has 0 saturated heterocycles. The maximum atomic E-state index is 10.8. The van der Waals surface area contributed by atoms with Gasteiger partial charge in [-0.2, -0.15) is 9.61 Å². The molecule has 1 N–H and O–H groups in total. The number of rotatable bonds is 3. The molecule has 0 amide bonds. The quantitative estimate of drug-likeness (QED) is 0.578. The highest BCUT2D eigenvalue weighted by Gasteiger charge is 2.09. The van der Waals surface area contributed by atoms with Crippen molar-refractivity contribution in [2.45, 2.75) is 6.92 Å². The fraction of sp³-hybridized carbons (Fsp3) is 0.0833. The van der Waals surface area contributed by atoms with Gasteiger partial charge in [0, 0.05) is 30.1 Å². The van der Waals surface area contributed by atoms with Gasteiger partial charge >= 0.3 is 0 Å². The van der Waals surface area contributed by atoms with Gasteiger partial charge in [-0.3, -0.25) is 10.1 Å². The summed E-state index contributed by atoms with van der Waals surface area (Å²) in [7, 11) is 0. The van der Waals surface area contributed by atoms with Crippen LogP contribution in [0.3, 0.4) is 0 Å². The molecule has 0 atom stereocenters. The molecule has 0 radical (unpaired) electrons. The summed E-state index contributed by atoms with van der Waals surface area (Å²) in [6, 6.07) is 6.27. The average Bonchev–Trinajstić information content (AvgIpc) is 2.87. The minimum absolute atomic E-state index is 0.0232. The molecule has 3 aromatic heterocycles. The third kappa shape index (κ3) is 2.14. The van der Waals surface area contributed by atoms with Crippen molar-refractivity contribution >= 4 is 23.0 Å². The lowest BCUT2D eigenvalue weighted by Crippen LogP contribution is -2.03. The van der Waals surface area contributed by atoms with E-state index < -0.39 is 4.92 Å². The summed E-state index contributed by atoms with van der Waals surface area (Å²) in [4.78, 5) is 18.7. The van der Waals surface area contributed by atoms with E-state index >= 15 is 0 Å². The molecular formula is C12H10N6O2. The molecule has 0 saturated carbocycles. The Morgan fingerprint density at radius 1 is 1.30 bits per heavy atom. The van der Waals surface area contributed by atoms with E-state index in [4.69, 9.17) is 0 Å². The topological polar surface area (TPSA) is 98.2 Å². The SMILES string of the molecule is Cc1cc(Nc2cc([N+](=O)[O-])ccn2)n2nccc2n1. The Balaban J connectivity index is 2.02. The van der Waals surface area contributed by atoms with Crippen LogP contribution in [0, 0.1) is 17.0 Å². The highest BCUT2D eigenvalue weighted by atomic mass is 16.6. The lowest BCUT2D eigenvalue weighted by Gasteiger charge is -2.08. The van der Waals surface area contributed by atoms with Crippen LogP contribution in [0.5, 0.6) is 0 Å². The lowest BCUT2D eigenvalue weighted by atomic mass is 10.3. The van der Waals surface area contributed by atoms with E-state index in [-0.39, 0.29) is 5.69 Å². The lowest BCUT2D eigenvalue weighted by molar-refractivity contribution is -0.384. The van der Waals surface area contributed by atoms with E-state index in [1.807, 2.05) is 6.92 Å². The number of nitro groups is 1. The first-order valence-corrected chi connectivity index (χ1v) is 5.82. The van der Waals surface area contributed by atoms with Crippen LogP contribution in [0.25, 0.3) is 5.65 Å². The molecule has 100 valence electrons. The summed E-state index contributed by atoms with van der Waals surface area (Å²) in [5.41, 5.74) is 1.48. The third-order valence-electron chi connectivity index (χ3n) is 2.70. The molecule has 8 nitrogen and oxygen atoms in total. The first kappa shape index (κ1) is 12.0. The van der Waals surface area contributed by atoms with E-state index in [0.717, 1.165) is 5.69 Å². The van der Waals surface area contributed by atoms with Crippen molar-refractivity contribution in [3.05, 3.63) is 52.5 Å². The summed E-state index contributed by atoms with van der Waals surface area (Å²) < 4.78 is 1.60. The standard InChI is InChI=1S/C12H10N6O2/c1-8-6-12(17-11(15-8)3-5-14-17)16-10-7-9(18(19)20)2-4-13-10/h2-7H,1H3,(H,13,16). The minimum Gasteiger partial charge on any atom is -0.325 e. The Labute approximate surface area is 113 Å². The number of nitrogens with zero attached hydrogens (tertiary/aromatic N) is 5. The van der Waals surface area contributed by atoms with Gasteiger partial charge in [-0.1, -0.05) is 0 Å². The van der Waals surface area contributed by atoms with E-state index in [1.165, 1.54) is 18.3 Å². The average molecular weight is 270 g/mol. The van der Waals surface area contributed by atoms with Crippen LogP contribution in [0.15, 0.2) is 36.7 Å². The van der Waals surface area contributed by atoms with Gasteiger partial charge in [-0.05, 0) is 6.92 Å². The van der Waals surface area contributed by atoms with E-state index in [0.29, 0.717) is 17.3 Å². The van der Waals surface area contributed by atoms with Crippen molar-refractivity contribution in [2.75, 3.05) is 5.32 Å². The fourth-order valence-electron chi connectivity index (χ4n) is 1.86. The van der Waals surface area contributed by atoms with Gasteiger partial charge < -0.3 is 5.32 Å². The molecule has 0 spiro atoms. The van der Waals surface area contributed by atoms with Gasteiger partial charge in [0.1, 0.15) is 11.6 Å². The minimum atomic E-state index is -0.464. The molecule has 20 heavy (non-hydrogen) atoms. The van der Waals surface area contributed by atoms with Crippen molar-refractivity contribution in [3.63, 3.8) is 0 Å². The maximum absolute atomic E-state index is 10.8. The second-order valence-corrected chi connectivity index (χ2v) is 4.17. The molecule has 0 unspecified atom stereocenters. The zero-order chi connectivity index (χ0) is 14.1. The smallest absolute Gasteiger partial charge is 0.274 e. The van der Waals surface area contributed by atoms with Gasteiger partial charge in [-0.25, -0.2) is 9.97 Å². The van der Waals surface area contributed by atoms with Gasteiger partial charge in [0.25, 0.3) is 5.69 Å². The predicted octanol–water partition coefficient (Wildman–Crippen LogP) is 2.08. The summed E-state index contributed by atoms with van der Waals surface area (Å²) in [5.74, 6) is 1.02. The number of anilines is 2. The number of pyridine rings is 1. The van der Waals surface area contributed by atoms with Gasteiger partial charge in [-0.15, -0.1) is 0 Å². The van der Waals surface area contributed by atoms with Crippen LogP contribution < -0.4 is 5.32 Å². The van der Waals surface area contributed by atoms with Crippen molar-refractivity contribution in [1.82, 2.24) is 19.6 Å². The number of fused-ring (bicyclic) bond motifs is 1. The molecular weight excluding hydrogens is 260 g/mol. The maximum Gasteiger partial charge on any atom is 0.274 e. The first-order valence-electron chi connectivity index (χ1n) is 5.82. The second kappa shape index (κ2) is 4.57. The van der Waals surface area contributed by atoms with E-state index in [9.17, 15) is 10.1 Å². The zero-order valence-corrected chi connectivity index (χ0v) is 10.5. The Bertz CT molecular complexity index is 797. The van der Waals surface area contributed by atoms with Crippen LogP contribution in [0.1, 0.15) is 5.69 Å². The summed E-state index contributed by atoms with van der Waals surface area (Å²) in [5, 5.41) is 17.9. The van der Waals surface area contributed by atoms with Gasteiger partial charge in [0.2, 0.25) is 0 Å². The first-order chi connectivity index (χ1) is 9.63. The van der Waals surface area contributed by atoms with Crippen LogP contribution in [-0.4, -0.2) is 24.5 Å². The molecule has 8 heteroatoms. The van der Waals surface area contributed by atoms with Crippen molar-refractivity contribution in [1.29, 1.82) is 0 Å². The van der Waals surface area contributed by atoms with Crippen LogP contribution in [0.2, 0.25) is 0 Å². The van der Waals surface area contributed by atoms with Crippen molar-refractivity contribution in [3.8, 4) is 0 Å². The van der Waals surface area contributed by atoms with Gasteiger partial charge in [0.05, 0.1) is 17.2 Å². The monoisotopic (exact) mass is 270 g/mol. The Kier molecular flexibility index (Phi) is 2.75. The van der Waals surface area contributed by atoms with Crippen LogP contribution >= 0.6 is 0 Å². The third-order valence-corrected chi connectivity index (χ3v) is 2.70. The predicted molar refractivity (Wildman–Crippen MR) is 71.9 cm³/mol. The molecule has 0 aliphatic rings. The normalized spacial score (nSPS) is 10.7. The van der Waals surface area contributed by atoms with Crippen LogP contribution in [-0.2, 0) is 0 Å². The number of hydrogen-bond acceptors (Lipinski definition) is 6. The Morgan fingerprint density at radius 3 is 2.95 bits per heavy atom. The Morgan fingerprint density at radius 2 is 2.15 bits per heavy atom.